The highest BCUT2D eigenvalue weighted by molar-refractivity contribution is 5.85. The van der Waals surface area contributed by atoms with E-state index in [1.807, 2.05) is 0 Å². The Morgan fingerprint density at radius 3 is 1.59 bits per heavy atom. The third-order valence-corrected chi connectivity index (χ3v) is 8.31. The number of cyclic esters (lactones) is 2. The van der Waals surface area contributed by atoms with Crippen LogP contribution in [0, 0.1) is 10.8 Å². The third kappa shape index (κ3) is 3.60. The van der Waals surface area contributed by atoms with Crippen molar-refractivity contribution in [3.63, 3.8) is 0 Å². The molecule has 34 heavy (non-hydrogen) atoms. The zero-order valence-electron chi connectivity index (χ0n) is 21.6. The molecule has 1 aromatic carbocycles. The van der Waals surface area contributed by atoms with Crippen LogP contribution in [-0.2, 0) is 31.9 Å². The van der Waals surface area contributed by atoms with E-state index in [1.165, 1.54) is 0 Å². The first kappa shape index (κ1) is 23.8. The zero-order valence-corrected chi connectivity index (χ0v) is 21.6. The summed E-state index contributed by atoms with van der Waals surface area (Å²) in [6, 6.07) is 8.49. The van der Waals surface area contributed by atoms with E-state index in [9.17, 15) is 9.59 Å². The number of esters is 2. The van der Waals surface area contributed by atoms with Crippen molar-refractivity contribution in [2.24, 2.45) is 10.8 Å². The van der Waals surface area contributed by atoms with Gasteiger partial charge in [-0.2, -0.15) is 0 Å². The fraction of sp³-hybridized carbons (Fsp3) is 0.714. The van der Waals surface area contributed by atoms with Gasteiger partial charge < -0.3 is 9.47 Å². The standard InChI is InChI=1S/C28H40N2O4/c1-25(2,3)21-29-14-8-12-27(29,23(31)33-21)17-19-10-7-11-20(16-19)18-28-13-9-15-30(28)22(26(4,5)6)34-24(28)32/h7,10-11,16,21-22H,8-9,12-15,17-18H2,1-6H3/t21-,22-,27-,28-/m1/s1. The smallest absolute Gasteiger partial charge is 0.328 e. The van der Waals surface area contributed by atoms with Crippen molar-refractivity contribution in [3.8, 4) is 0 Å². The minimum absolute atomic E-state index is 0.0803. The van der Waals surface area contributed by atoms with Gasteiger partial charge in [0.05, 0.1) is 0 Å². The molecule has 5 rings (SSSR count). The van der Waals surface area contributed by atoms with Gasteiger partial charge in [-0.3, -0.25) is 9.80 Å². The molecule has 0 amide bonds. The van der Waals surface area contributed by atoms with Crippen molar-refractivity contribution in [2.45, 2.75) is 104 Å². The number of ether oxygens (including phenoxy) is 2. The molecule has 186 valence electrons. The molecule has 0 bridgehead atoms. The zero-order chi connectivity index (χ0) is 24.5. The van der Waals surface area contributed by atoms with E-state index >= 15 is 0 Å². The summed E-state index contributed by atoms with van der Waals surface area (Å²) in [6.07, 6.45) is 4.63. The van der Waals surface area contributed by atoms with Crippen LogP contribution >= 0.6 is 0 Å². The van der Waals surface area contributed by atoms with Crippen molar-refractivity contribution in [2.75, 3.05) is 13.1 Å². The Bertz CT molecular complexity index is 918. The van der Waals surface area contributed by atoms with Crippen LogP contribution in [0.2, 0.25) is 0 Å². The summed E-state index contributed by atoms with van der Waals surface area (Å²) in [6.45, 7) is 14.6. The summed E-state index contributed by atoms with van der Waals surface area (Å²) in [4.78, 5) is 31.0. The molecular formula is C28H40N2O4. The fourth-order valence-electron chi connectivity index (χ4n) is 6.81. The summed E-state index contributed by atoms with van der Waals surface area (Å²) < 4.78 is 11.9. The molecule has 0 saturated carbocycles. The number of rotatable bonds is 4. The Morgan fingerprint density at radius 1 is 0.794 bits per heavy atom. The first-order valence-electron chi connectivity index (χ1n) is 12.9. The summed E-state index contributed by atoms with van der Waals surface area (Å²) in [7, 11) is 0. The molecule has 4 saturated heterocycles. The number of fused-ring (bicyclic) bond motifs is 2. The molecule has 0 radical (unpaired) electrons. The topological polar surface area (TPSA) is 59.1 Å². The predicted molar refractivity (Wildman–Crippen MR) is 130 cm³/mol. The molecule has 0 aliphatic carbocycles. The van der Waals surface area contributed by atoms with E-state index < -0.39 is 11.1 Å². The van der Waals surface area contributed by atoms with Gasteiger partial charge in [-0.05, 0) is 36.8 Å². The second-order valence-electron chi connectivity index (χ2n) is 13.1. The second kappa shape index (κ2) is 7.79. The molecule has 4 fully saturated rings. The molecule has 4 atom stereocenters. The van der Waals surface area contributed by atoms with Gasteiger partial charge in [-0.25, -0.2) is 9.59 Å². The maximum absolute atomic E-state index is 13.2. The minimum Gasteiger partial charge on any atom is -0.444 e. The van der Waals surface area contributed by atoms with Crippen LogP contribution in [0.1, 0.15) is 78.4 Å². The van der Waals surface area contributed by atoms with E-state index in [4.69, 9.17) is 9.47 Å². The van der Waals surface area contributed by atoms with Crippen LogP contribution in [0.5, 0.6) is 0 Å². The first-order chi connectivity index (χ1) is 15.9. The van der Waals surface area contributed by atoms with Crippen molar-refractivity contribution in [3.05, 3.63) is 35.4 Å². The highest BCUT2D eigenvalue weighted by Gasteiger charge is 2.61. The molecule has 0 aromatic heterocycles. The highest BCUT2D eigenvalue weighted by atomic mass is 16.6. The van der Waals surface area contributed by atoms with Crippen LogP contribution in [0.25, 0.3) is 0 Å². The van der Waals surface area contributed by atoms with Gasteiger partial charge in [0.25, 0.3) is 0 Å². The van der Waals surface area contributed by atoms with Gasteiger partial charge in [-0.1, -0.05) is 65.8 Å². The Balaban J connectivity index is 1.40. The lowest BCUT2D eigenvalue weighted by Gasteiger charge is -2.36. The van der Waals surface area contributed by atoms with Crippen molar-refractivity contribution in [1.82, 2.24) is 9.80 Å². The lowest BCUT2D eigenvalue weighted by Crippen LogP contribution is -2.50. The summed E-state index contributed by atoms with van der Waals surface area (Å²) in [5, 5.41) is 0. The largest absolute Gasteiger partial charge is 0.444 e. The van der Waals surface area contributed by atoms with E-state index in [1.54, 1.807) is 0 Å². The lowest BCUT2D eigenvalue weighted by atomic mass is 9.84. The Kier molecular flexibility index (Phi) is 5.45. The summed E-state index contributed by atoms with van der Waals surface area (Å²) in [5.74, 6) is -0.161. The quantitative estimate of drug-likeness (QED) is 0.614. The average molecular weight is 469 g/mol. The number of hydrogen-bond acceptors (Lipinski definition) is 6. The van der Waals surface area contributed by atoms with Crippen molar-refractivity contribution < 1.29 is 19.1 Å². The SMILES string of the molecule is CC(C)(C)[C@H]1OC(=O)[C@]2(Cc3cccc(C[C@@]45CCCN4[C@@H](C(C)(C)C)OC5=O)c3)CCCN12. The molecule has 0 N–H and O–H groups in total. The van der Waals surface area contributed by atoms with Crippen molar-refractivity contribution >= 4 is 11.9 Å². The number of hydrogen-bond donors (Lipinski definition) is 0. The van der Waals surface area contributed by atoms with Gasteiger partial charge in [0, 0.05) is 36.8 Å². The van der Waals surface area contributed by atoms with E-state index in [0.29, 0.717) is 12.8 Å². The molecule has 6 nitrogen and oxygen atoms in total. The van der Waals surface area contributed by atoms with Gasteiger partial charge in [0.15, 0.2) is 12.5 Å². The normalized spacial score (nSPS) is 34.3. The van der Waals surface area contributed by atoms with E-state index in [-0.39, 0.29) is 35.2 Å². The predicted octanol–water partition coefficient (Wildman–Crippen LogP) is 4.30. The molecular weight excluding hydrogens is 428 g/mol. The Labute approximate surface area is 204 Å². The molecule has 4 aliphatic heterocycles. The number of carbonyl (C=O) groups excluding carboxylic acids is 2. The maximum Gasteiger partial charge on any atom is 0.328 e. The fourth-order valence-corrected chi connectivity index (χ4v) is 6.81. The highest BCUT2D eigenvalue weighted by Crippen LogP contribution is 2.47. The number of benzene rings is 1. The Hall–Kier alpha value is -1.92. The van der Waals surface area contributed by atoms with Gasteiger partial charge in [0.1, 0.15) is 11.1 Å². The summed E-state index contributed by atoms with van der Waals surface area (Å²) >= 11 is 0. The van der Waals surface area contributed by atoms with E-state index in [0.717, 1.165) is 49.9 Å². The third-order valence-electron chi connectivity index (χ3n) is 8.31. The van der Waals surface area contributed by atoms with Crippen molar-refractivity contribution in [1.29, 1.82) is 0 Å². The molecule has 0 unspecified atom stereocenters. The van der Waals surface area contributed by atoms with Crippen LogP contribution < -0.4 is 0 Å². The number of nitrogens with zero attached hydrogens (tertiary/aromatic N) is 2. The molecule has 4 aliphatic rings. The van der Waals surface area contributed by atoms with Gasteiger partial charge >= 0.3 is 11.9 Å². The minimum atomic E-state index is -0.572. The molecule has 4 heterocycles. The first-order valence-corrected chi connectivity index (χ1v) is 12.9. The van der Waals surface area contributed by atoms with Crippen LogP contribution in [-0.4, -0.2) is 58.4 Å². The van der Waals surface area contributed by atoms with Crippen LogP contribution in [0.3, 0.4) is 0 Å². The summed E-state index contributed by atoms with van der Waals surface area (Å²) in [5.41, 5.74) is 0.879. The molecule has 0 spiro atoms. The Morgan fingerprint density at radius 2 is 1.21 bits per heavy atom. The number of carbonyl (C=O) groups is 2. The molecule has 1 aromatic rings. The van der Waals surface area contributed by atoms with Gasteiger partial charge in [0.2, 0.25) is 0 Å². The lowest BCUT2D eigenvalue weighted by molar-refractivity contribution is -0.150. The maximum atomic E-state index is 13.2. The monoisotopic (exact) mass is 468 g/mol. The van der Waals surface area contributed by atoms with Crippen LogP contribution in [0.4, 0.5) is 0 Å². The second-order valence-corrected chi connectivity index (χ2v) is 13.1. The molecule has 6 heteroatoms. The van der Waals surface area contributed by atoms with Gasteiger partial charge in [-0.15, -0.1) is 0 Å². The van der Waals surface area contributed by atoms with Crippen LogP contribution in [0.15, 0.2) is 24.3 Å². The average Bonchev–Trinajstić information content (AvgIpc) is 3.44. The van der Waals surface area contributed by atoms with E-state index in [2.05, 4.69) is 75.6 Å².